The van der Waals surface area contributed by atoms with Gasteiger partial charge in [-0.15, -0.1) is 0 Å². The first kappa shape index (κ1) is 11.8. The molecule has 1 unspecified atom stereocenters. The van der Waals surface area contributed by atoms with Gasteiger partial charge >= 0.3 is 6.09 Å². The van der Waals surface area contributed by atoms with E-state index in [0.29, 0.717) is 17.8 Å². The molecule has 0 aromatic heterocycles. The molecule has 0 spiro atoms. The van der Waals surface area contributed by atoms with Crippen LogP contribution in [0.3, 0.4) is 0 Å². The van der Waals surface area contributed by atoms with Gasteiger partial charge in [-0.3, -0.25) is 0 Å². The van der Waals surface area contributed by atoms with Gasteiger partial charge in [-0.2, -0.15) is 0 Å². The fraction of sp³-hybridized carbons (Fsp3) is 0.500. The maximum absolute atomic E-state index is 11.3. The zero-order valence-corrected chi connectivity index (χ0v) is 10.3. The Balaban J connectivity index is 1.86. The minimum atomic E-state index is -0.216. The lowest BCUT2D eigenvalue weighted by molar-refractivity contribution is 0.127. The third-order valence-corrected chi connectivity index (χ3v) is 3.43. The molecule has 17 heavy (non-hydrogen) atoms. The zero-order chi connectivity index (χ0) is 12.4. The monoisotopic (exact) mass is 231 g/mol. The summed E-state index contributed by atoms with van der Waals surface area (Å²) < 4.78 is 4.70. The van der Waals surface area contributed by atoms with Crippen LogP contribution >= 0.6 is 0 Å². The quantitative estimate of drug-likeness (QED) is 0.510. The largest absolute Gasteiger partial charge is 0.453 e. The minimum absolute atomic E-state index is 0.216. The number of rotatable bonds is 1. The fourth-order valence-corrected chi connectivity index (χ4v) is 2.43. The third kappa shape index (κ3) is 2.36. The molecular weight excluding hydrogens is 214 g/mol. The van der Waals surface area contributed by atoms with E-state index < -0.39 is 0 Å². The second-order valence-corrected chi connectivity index (χ2v) is 4.58. The SMILES string of the molecule is C=C/C=C(\C)C#CC1[C@H]2CN(C(=O)OC)C[C@@H]12. The van der Waals surface area contributed by atoms with Crippen LogP contribution in [0.2, 0.25) is 0 Å². The third-order valence-electron chi connectivity index (χ3n) is 3.43. The summed E-state index contributed by atoms with van der Waals surface area (Å²) >= 11 is 0. The van der Waals surface area contributed by atoms with Crippen LogP contribution < -0.4 is 0 Å². The maximum Gasteiger partial charge on any atom is 0.409 e. The normalized spacial score (nSPS) is 30.1. The number of allylic oxidation sites excluding steroid dienone is 3. The molecule has 0 aromatic carbocycles. The molecule has 1 saturated carbocycles. The Bertz CT molecular complexity index is 415. The molecule has 1 saturated heterocycles. The number of likely N-dealkylation sites (tertiary alicyclic amines) is 1. The summed E-state index contributed by atoms with van der Waals surface area (Å²) in [6.07, 6.45) is 3.44. The second-order valence-electron chi connectivity index (χ2n) is 4.58. The van der Waals surface area contributed by atoms with E-state index in [1.54, 1.807) is 11.0 Å². The Hall–Kier alpha value is -1.69. The van der Waals surface area contributed by atoms with E-state index in [0.717, 1.165) is 18.7 Å². The maximum atomic E-state index is 11.3. The van der Waals surface area contributed by atoms with Gasteiger partial charge in [0.1, 0.15) is 0 Å². The van der Waals surface area contributed by atoms with Gasteiger partial charge in [0.15, 0.2) is 0 Å². The van der Waals surface area contributed by atoms with Crippen LogP contribution in [-0.2, 0) is 4.74 Å². The van der Waals surface area contributed by atoms with Crippen molar-refractivity contribution in [3.8, 4) is 11.8 Å². The average molecular weight is 231 g/mol. The number of piperidine rings is 1. The van der Waals surface area contributed by atoms with Crippen molar-refractivity contribution in [3.63, 3.8) is 0 Å². The molecule has 0 N–H and O–H groups in total. The van der Waals surface area contributed by atoms with Crippen LogP contribution in [0, 0.1) is 29.6 Å². The van der Waals surface area contributed by atoms with Crippen LogP contribution in [0.4, 0.5) is 4.79 Å². The van der Waals surface area contributed by atoms with E-state index in [1.807, 2.05) is 13.0 Å². The molecular formula is C14H17NO2. The highest BCUT2D eigenvalue weighted by molar-refractivity contribution is 5.68. The van der Waals surface area contributed by atoms with Crippen LogP contribution in [0.5, 0.6) is 0 Å². The Morgan fingerprint density at radius 3 is 2.65 bits per heavy atom. The second kappa shape index (κ2) is 4.67. The average Bonchev–Trinajstić information content (AvgIpc) is 2.77. The van der Waals surface area contributed by atoms with E-state index in [2.05, 4.69) is 18.4 Å². The van der Waals surface area contributed by atoms with Gasteiger partial charge < -0.3 is 9.64 Å². The molecule has 1 heterocycles. The summed E-state index contributed by atoms with van der Waals surface area (Å²) in [7, 11) is 1.42. The predicted molar refractivity (Wildman–Crippen MR) is 66.2 cm³/mol. The standard InChI is InChI=1S/C14H17NO2/c1-4-5-10(2)6-7-11-12-8-15(9-13(11)12)14(16)17-3/h4-5,11-13H,1,8-9H2,2-3H3/b10-5+/t11?,12-,13+. The number of amides is 1. The van der Waals surface area contributed by atoms with Crippen molar-refractivity contribution in [2.45, 2.75) is 6.92 Å². The summed E-state index contributed by atoms with van der Waals surface area (Å²) in [5.74, 6) is 7.98. The molecule has 1 aliphatic carbocycles. The molecule has 3 nitrogen and oxygen atoms in total. The van der Waals surface area contributed by atoms with Crippen molar-refractivity contribution in [2.24, 2.45) is 17.8 Å². The van der Waals surface area contributed by atoms with Gasteiger partial charge in [-0.05, 0) is 24.3 Å². The van der Waals surface area contributed by atoms with Gasteiger partial charge in [0.2, 0.25) is 0 Å². The topological polar surface area (TPSA) is 29.5 Å². The number of nitrogens with zero attached hydrogens (tertiary/aromatic N) is 1. The Morgan fingerprint density at radius 1 is 1.47 bits per heavy atom. The summed E-state index contributed by atoms with van der Waals surface area (Å²) in [6.45, 7) is 7.20. The lowest BCUT2D eigenvalue weighted by Crippen LogP contribution is -2.31. The van der Waals surface area contributed by atoms with Crippen LogP contribution in [0.1, 0.15) is 6.92 Å². The molecule has 3 atom stereocenters. The first-order valence-electron chi connectivity index (χ1n) is 5.81. The first-order chi connectivity index (χ1) is 8.17. The molecule has 0 aromatic rings. The summed E-state index contributed by atoms with van der Waals surface area (Å²) in [5, 5.41) is 0. The summed E-state index contributed by atoms with van der Waals surface area (Å²) in [6, 6.07) is 0. The zero-order valence-electron chi connectivity index (χ0n) is 10.3. The highest BCUT2D eigenvalue weighted by Gasteiger charge is 2.56. The number of fused-ring (bicyclic) bond motifs is 1. The fourth-order valence-electron chi connectivity index (χ4n) is 2.43. The van der Waals surface area contributed by atoms with Crippen LogP contribution in [0.15, 0.2) is 24.3 Å². The van der Waals surface area contributed by atoms with Crippen LogP contribution in [-0.4, -0.2) is 31.2 Å². The van der Waals surface area contributed by atoms with Crippen molar-refractivity contribution >= 4 is 6.09 Å². The van der Waals surface area contributed by atoms with E-state index in [9.17, 15) is 4.79 Å². The van der Waals surface area contributed by atoms with Gasteiger partial charge in [0.25, 0.3) is 0 Å². The van der Waals surface area contributed by atoms with Crippen molar-refractivity contribution in [3.05, 3.63) is 24.3 Å². The predicted octanol–water partition coefficient (Wildman–Crippen LogP) is 2.07. The number of hydrogen-bond acceptors (Lipinski definition) is 2. The van der Waals surface area contributed by atoms with Gasteiger partial charge in [-0.25, -0.2) is 4.79 Å². The van der Waals surface area contributed by atoms with Crippen molar-refractivity contribution in [1.82, 2.24) is 4.90 Å². The molecule has 90 valence electrons. The molecule has 1 aliphatic heterocycles. The van der Waals surface area contributed by atoms with E-state index in [1.165, 1.54) is 7.11 Å². The molecule has 0 bridgehead atoms. The van der Waals surface area contributed by atoms with Gasteiger partial charge in [-0.1, -0.05) is 30.6 Å². The number of methoxy groups -OCH3 is 1. The molecule has 1 amide bonds. The van der Waals surface area contributed by atoms with Gasteiger partial charge in [0.05, 0.1) is 7.11 Å². The van der Waals surface area contributed by atoms with E-state index in [-0.39, 0.29) is 6.09 Å². The van der Waals surface area contributed by atoms with E-state index in [4.69, 9.17) is 4.74 Å². The van der Waals surface area contributed by atoms with Gasteiger partial charge in [0, 0.05) is 19.0 Å². The Labute approximate surface area is 102 Å². The number of carbonyl (C=O) groups is 1. The van der Waals surface area contributed by atoms with E-state index >= 15 is 0 Å². The highest BCUT2D eigenvalue weighted by Crippen LogP contribution is 2.51. The number of ether oxygens (including phenoxy) is 1. The molecule has 0 radical (unpaired) electrons. The highest BCUT2D eigenvalue weighted by atomic mass is 16.5. The summed E-state index contributed by atoms with van der Waals surface area (Å²) in [5.41, 5.74) is 1.04. The number of carbonyl (C=O) groups excluding carboxylic acids is 1. The molecule has 3 heteroatoms. The Morgan fingerprint density at radius 2 is 2.12 bits per heavy atom. The molecule has 2 fully saturated rings. The number of hydrogen-bond donors (Lipinski definition) is 0. The van der Waals surface area contributed by atoms with Crippen molar-refractivity contribution in [2.75, 3.05) is 20.2 Å². The smallest absolute Gasteiger partial charge is 0.409 e. The van der Waals surface area contributed by atoms with Crippen molar-refractivity contribution in [1.29, 1.82) is 0 Å². The lowest BCUT2D eigenvalue weighted by Gasteiger charge is -2.16. The first-order valence-corrected chi connectivity index (χ1v) is 5.81. The summed E-state index contributed by atoms with van der Waals surface area (Å²) in [4.78, 5) is 13.0. The van der Waals surface area contributed by atoms with Crippen molar-refractivity contribution < 1.29 is 9.53 Å². The lowest BCUT2D eigenvalue weighted by atomic mass is 10.2. The molecule has 2 rings (SSSR count). The minimum Gasteiger partial charge on any atom is -0.453 e. The van der Waals surface area contributed by atoms with Crippen LogP contribution in [0.25, 0.3) is 0 Å². The molecule has 2 aliphatic rings. The Kier molecular flexibility index (Phi) is 3.23.